The van der Waals surface area contributed by atoms with Gasteiger partial charge in [-0.25, -0.2) is 4.39 Å². The predicted molar refractivity (Wildman–Crippen MR) is 81.2 cm³/mol. The van der Waals surface area contributed by atoms with Crippen molar-refractivity contribution < 1.29 is 9.13 Å². The monoisotopic (exact) mass is 341 g/mol. The summed E-state index contributed by atoms with van der Waals surface area (Å²) in [4.78, 5) is 0. The fourth-order valence-corrected chi connectivity index (χ4v) is 4.06. The van der Waals surface area contributed by atoms with Gasteiger partial charge in [0.05, 0.1) is 10.1 Å². The first-order valence-corrected chi connectivity index (χ1v) is 8.20. The molecule has 1 saturated heterocycles. The van der Waals surface area contributed by atoms with Crippen molar-refractivity contribution in [3.8, 4) is 0 Å². The minimum absolute atomic E-state index is 0.0638. The van der Waals surface area contributed by atoms with Gasteiger partial charge < -0.3 is 10.1 Å². The zero-order chi connectivity index (χ0) is 14.2. The molecule has 3 rings (SSSR count). The zero-order valence-electron chi connectivity index (χ0n) is 11.8. The molecule has 0 bridgehead atoms. The Kier molecular flexibility index (Phi) is 4.16. The van der Waals surface area contributed by atoms with Crippen LogP contribution in [0.15, 0.2) is 22.7 Å². The molecule has 1 N–H and O–H groups in total. The van der Waals surface area contributed by atoms with Gasteiger partial charge in [0.15, 0.2) is 0 Å². The van der Waals surface area contributed by atoms with Gasteiger partial charge in [-0.15, -0.1) is 0 Å². The van der Waals surface area contributed by atoms with Crippen LogP contribution in [0.25, 0.3) is 0 Å². The van der Waals surface area contributed by atoms with Crippen LogP contribution in [0.3, 0.4) is 0 Å². The van der Waals surface area contributed by atoms with Crippen LogP contribution in [0.2, 0.25) is 0 Å². The average molecular weight is 342 g/mol. The van der Waals surface area contributed by atoms with Gasteiger partial charge in [0.1, 0.15) is 5.82 Å². The van der Waals surface area contributed by atoms with Gasteiger partial charge in [0, 0.05) is 18.2 Å². The van der Waals surface area contributed by atoms with E-state index < -0.39 is 0 Å². The fourth-order valence-electron chi connectivity index (χ4n) is 3.68. The average Bonchev–Trinajstić information content (AvgIpc) is 2.43. The van der Waals surface area contributed by atoms with Crippen LogP contribution < -0.4 is 5.32 Å². The Morgan fingerprint density at radius 1 is 1.45 bits per heavy atom. The van der Waals surface area contributed by atoms with Crippen LogP contribution in [0.1, 0.15) is 43.7 Å². The molecule has 20 heavy (non-hydrogen) atoms. The van der Waals surface area contributed by atoms with E-state index in [0.717, 1.165) is 25.0 Å². The smallest absolute Gasteiger partial charge is 0.142 e. The first kappa shape index (κ1) is 14.5. The minimum atomic E-state index is -0.138. The lowest BCUT2D eigenvalue weighted by atomic mass is 9.69. The van der Waals surface area contributed by atoms with Gasteiger partial charge in [-0.3, -0.25) is 0 Å². The quantitative estimate of drug-likeness (QED) is 0.889. The van der Waals surface area contributed by atoms with Crippen molar-refractivity contribution in [1.29, 1.82) is 0 Å². The van der Waals surface area contributed by atoms with Gasteiger partial charge in [-0.05, 0) is 67.1 Å². The molecule has 1 aliphatic heterocycles. The van der Waals surface area contributed by atoms with Crippen molar-refractivity contribution in [2.45, 2.75) is 43.7 Å². The van der Waals surface area contributed by atoms with Crippen molar-refractivity contribution in [2.75, 3.05) is 13.7 Å². The molecule has 2 nitrogen and oxygen atoms in total. The first-order chi connectivity index (χ1) is 9.65. The molecule has 1 aromatic carbocycles. The number of rotatable bonds is 3. The molecule has 0 radical (unpaired) electrons. The Morgan fingerprint density at radius 3 is 2.90 bits per heavy atom. The van der Waals surface area contributed by atoms with Gasteiger partial charge in [-0.2, -0.15) is 0 Å². The second-order valence-corrected chi connectivity index (χ2v) is 6.90. The maximum Gasteiger partial charge on any atom is 0.142 e. The summed E-state index contributed by atoms with van der Waals surface area (Å²) in [6.45, 7) is 0.804. The third-order valence-corrected chi connectivity index (χ3v) is 5.51. The SMILES string of the molecule is CNC(c1cccc(Br)c1F)C1CCOC2(CCC2)C1. The third kappa shape index (κ3) is 2.53. The van der Waals surface area contributed by atoms with Crippen molar-refractivity contribution in [3.63, 3.8) is 0 Å². The molecular formula is C16H21BrFNO. The topological polar surface area (TPSA) is 21.3 Å². The molecule has 0 amide bonds. The molecular weight excluding hydrogens is 321 g/mol. The Morgan fingerprint density at radius 2 is 2.25 bits per heavy atom. The van der Waals surface area contributed by atoms with E-state index in [4.69, 9.17) is 4.74 Å². The maximum absolute atomic E-state index is 14.4. The van der Waals surface area contributed by atoms with Crippen molar-refractivity contribution in [1.82, 2.24) is 5.32 Å². The molecule has 1 spiro atoms. The molecule has 1 aromatic rings. The molecule has 2 fully saturated rings. The second kappa shape index (κ2) is 5.74. The Hall–Kier alpha value is -0.450. The number of ether oxygens (including phenoxy) is 1. The lowest BCUT2D eigenvalue weighted by Gasteiger charge is -2.48. The minimum Gasteiger partial charge on any atom is -0.375 e. The Bertz CT molecular complexity index is 489. The summed E-state index contributed by atoms with van der Waals surface area (Å²) in [7, 11) is 1.92. The van der Waals surface area contributed by atoms with E-state index in [2.05, 4.69) is 21.2 Å². The Balaban J connectivity index is 1.84. The van der Waals surface area contributed by atoms with Crippen molar-refractivity contribution >= 4 is 15.9 Å². The Labute approximate surface area is 128 Å². The highest BCUT2D eigenvalue weighted by Gasteiger charge is 2.44. The van der Waals surface area contributed by atoms with Crippen LogP contribution in [0.5, 0.6) is 0 Å². The highest BCUT2D eigenvalue weighted by molar-refractivity contribution is 9.10. The summed E-state index contributed by atoms with van der Waals surface area (Å²) >= 11 is 3.29. The van der Waals surface area contributed by atoms with Crippen LogP contribution in [-0.2, 0) is 4.74 Å². The summed E-state index contributed by atoms with van der Waals surface area (Å²) < 4.78 is 20.9. The van der Waals surface area contributed by atoms with Gasteiger partial charge in [0.25, 0.3) is 0 Å². The van der Waals surface area contributed by atoms with Gasteiger partial charge in [-0.1, -0.05) is 12.1 Å². The number of nitrogens with one attached hydrogen (secondary N) is 1. The summed E-state index contributed by atoms with van der Waals surface area (Å²) in [5.41, 5.74) is 0.865. The van der Waals surface area contributed by atoms with Gasteiger partial charge >= 0.3 is 0 Å². The summed E-state index contributed by atoms with van der Waals surface area (Å²) in [5.74, 6) is 0.304. The van der Waals surface area contributed by atoms with E-state index in [1.807, 2.05) is 19.2 Å². The van der Waals surface area contributed by atoms with Crippen LogP contribution in [0.4, 0.5) is 4.39 Å². The molecule has 1 saturated carbocycles. The molecule has 2 atom stereocenters. The highest BCUT2D eigenvalue weighted by Crippen LogP contribution is 2.47. The van der Waals surface area contributed by atoms with E-state index in [0.29, 0.717) is 10.4 Å². The summed E-state index contributed by atoms with van der Waals surface area (Å²) in [6, 6.07) is 5.62. The largest absolute Gasteiger partial charge is 0.375 e. The normalized spacial score (nSPS) is 26.2. The first-order valence-electron chi connectivity index (χ1n) is 7.40. The fraction of sp³-hybridized carbons (Fsp3) is 0.625. The van der Waals surface area contributed by atoms with E-state index in [1.54, 1.807) is 6.07 Å². The molecule has 2 unspecified atom stereocenters. The molecule has 0 aromatic heterocycles. The lowest BCUT2D eigenvalue weighted by Crippen LogP contribution is -2.47. The summed E-state index contributed by atoms with van der Waals surface area (Å²) in [6.07, 6.45) is 5.65. The van der Waals surface area contributed by atoms with Crippen molar-refractivity contribution in [3.05, 3.63) is 34.1 Å². The highest BCUT2D eigenvalue weighted by atomic mass is 79.9. The van der Waals surface area contributed by atoms with E-state index in [1.165, 1.54) is 19.3 Å². The van der Waals surface area contributed by atoms with E-state index in [-0.39, 0.29) is 17.5 Å². The number of benzene rings is 1. The van der Waals surface area contributed by atoms with Crippen LogP contribution in [0, 0.1) is 11.7 Å². The van der Waals surface area contributed by atoms with Crippen LogP contribution in [-0.4, -0.2) is 19.3 Å². The molecule has 1 heterocycles. The molecule has 2 aliphatic rings. The molecule has 110 valence electrons. The number of halogens is 2. The van der Waals surface area contributed by atoms with Crippen LogP contribution >= 0.6 is 15.9 Å². The zero-order valence-corrected chi connectivity index (χ0v) is 13.4. The van der Waals surface area contributed by atoms with E-state index >= 15 is 0 Å². The standard InChI is InChI=1S/C16H21BrFNO/c1-19-15(12-4-2-5-13(17)14(12)18)11-6-9-20-16(10-11)7-3-8-16/h2,4-5,11,15,19H,3,6-10H2,1H3. The summed E-state index contributed by atoms with van der Waals surface area (Å²) in [5, 5.41) is 3.33. The molecule has 1 aliphatic carbocycles. The van der Waals surface area contributed by atoms with Crippen molar-refractivity contribution in [2.24, 2.45) is 5.92 Å². The third-order valence-electron chi connectivity index (χ3n) is 4.89. The number of hydrogen-bond acceptors (Lipinski definition) is 2. The molecule has 4 heteroatoms. The van der Waals surface area contributed by atoms with Gasteiger partial charge in [0.2, 0.25) is 0 Å². The van der Waals surface area contributed by atoms with E-state index in [9.17, 15) is 4.39 Å². The predicted octanol–water partition coefficient (Wildman–Crippen LogP) is 4.20. The maximum atomic E-state index is 14.4. The second-order valence-electron chi connectivity index (χ2n) is 6.05. The number of hydrogen-bond donors (Lipinski definition) is 1. The lowest BCUT2D eigenvalue weighted by molar-refractivity contribution is -0.147.